The standard InChI is InChI=1S/Ca.3Na.H3O4P.O/c;;;;1-5(2,3)4;/h;;;;(H3,1,2,3,4);/q+2;3*+1;;-2/p-3. The zero-order chi connectivity index (χ0) is 4.50. The molecule has 0 aliphatic carbocycles. The number of hydrogen-bond acceptors (Lipinski definition) is 4. The average Bonchev–Trinajstić information content (AvgIpc) is 0.722. The molecule has 40 valence electrons. The first-order valence-electron chi connectivity index (χ1n) is 0.730. The van der Waals surface area contributed by atoms with Crippen molar-refractivity contribution in [1.29, 1.82) is 0 Å². The molecule has 0 bridgehead atoms. The second-order valence-electron chi connectivity index (χ2n) is 0.447. The molecule has 0 aromatic heterocycles. The van der Waals surface area contributed by atoms with Crippen LogP contribution >= 0.6 is 7.82 Å². The van der Waals surface area contributed by atoms with E-state index in [-0.39, 0.29) is 132 Å². The van der Waals surface area contributed by atoms with Crippen molar-refractivity contribution < 1.29 is 113 Å². The van der Waals surface area contributed by atoms with Crippen molar-refractivity contribution in [2.24, 2.45) is 0 Å². The Morgan fingerprint density at radius 1 is 0.900 bits per heavy atom. The fourth-order valence-electron chi connectivity index (χ4n) is 0. The Bertz CT molecular complexity index is 63.0. The maximum atomic E-state index is 8.55. The first-order valence-corrected chi connectivity index (χ1v) is 2.19. The van der Waals surface area contributed by atoms with Crippen LogP contribution in [0, 0.1) is 0 Å². The van der Waals surface area contributed by atoms with Gasteiger partial charge < -0.3 is 24.7 Å². The molecule has 0 rings (SSSR count). The topological polar surface area (TPSA) is 115 Å². The minimum Gasteiger partial charge on any atom is -2.00 e. The largest absolute Gasteiger partial charge is 2.00 e. The maximum absolute atomic E-state index is 8.55. The van der Waals surface area contributed by atoms with E-state index in [0.29, 0.717) is 0 Å². The van der Waals surface area contributed by atoms with Crippen LogP contribution in [0.1, 0.15) is 0 Å². The summed E-state index contributed by atoms with van der Waals surface area (Å²) in [5.74, 6) is 0. The molecule has 10 heavy (non-hydrogen) atoms. The zero-order valence-corrected chi connectivity index (χ0v) is 15.3. The molecule has 0 amide bonds. The maximum Gasteiger partial charge on any atom is 2.00 e. The van der Waals surface area contributed by atoms with E-state index in [0.717, 1.165) is 0 Å². The van der Waals surface area contributed by atoms with E-state index in [1.807, 2.05) is 0 Å². The van der Waals surface area contributed by atoms with E-state index < -0.39 is 7.82 Å². The summed E-state index contributed by atoms with van der Waals surface area (Å²) in [7, 11) is -5.39. The molecule has 0 spiro atoms. The van der Waals surface area contributed by atoms with Gasteiger partial charge >= 0.3 is 126 Å². The summed E-state index contributed by atoms with van der Waals surface area (Å²) in [5.41, 5.74) is 0. The molecular formula is CaNa3O5P. The summed E-state index contributed by atoms with van der Waals surface area (Å²) < 4.78 is 8.55. The Hall–Kier alpha value is 4.33. The third kappa shape index (κ3) is 84.4. The van der Waals surface area contributed by atoms with Gasteiger partial charge in [-0.2, -0.15) is 7.82 Å². The molecule has 0 saturated heterocycles. The van der Waals surface area contributed by atoms with Gasteiger partial charge in [0.05, 0.1) is 0 Å². The van der Waals surface area contributed by atoms with Gasteiger partial charge in [0.1, 0.15) is 0 Å². The predicted molar refractivity (Wildman–Crippen MR) is 14.0 cm³/mol. The van der Waals surface area contributed by atoms with Crippen molar-refractivity contribution in [2.45, 2.75) is 0 Å². The van der Waals surface area contributed by atoms with E-state index in [1.165, 1.54) is 0 Å². The molecule has 0 heterocycles. The van der Waals surface area contributed by atoms with Crippen LogP contribution in [-0.2, 0) is 10.0 Å². The summed E-state index contributed by atoms with van der Waals surface area (Å²) in [6.07, 6.45) is 0. The molecule has 0 radical (unpaired) electrons. The van der Waals surface area contributed by atoms with Crippen LogP contribution in [0.4, 0.5) is 0 Å². The smallest absolute Gasteiger partial charge is 2.00 e. The molecule has 0 aromatic rings. The van der Waals surface area contributed by atoms with Crippen molar-refractivity contribution >= 4 is 45.6 Å². The van der Waals surface area contributed by atoms with Crippen LogP contribution in [0.2, 0.25) is 0 Å². The summed E-state index contributed by atoms with van der Waals surface area (Å²) in [5, 5.41) is 0. The minimum atomic E-state index is -5.39. The molecule has 0 fully saturated rings. The van der Waals surface area contributed by atoms with Gasteiger partial charge in [0.25, 0.3) is 0 Å². The molecular weight excluding hydrogens is 220 g/mol. The number of hydrogen-bond donors (Lipinski definition) is 0. The van der Waals surface area contributed by atoms with Gasteiger partial charge in [0, 0.05) is 0 Å². The molecule has 0 saturated carbocycles. The molecule has 0 aromatic carbocycles. The van der Waals surface area contributed by atoms with Crippen molar-refractivity contribution in [1.82, 2.24) is 0 Å². The van der Waals surface area contributed by atoms with Gasteiger partial charge in [-0.1, -0.05) is 0 Å². The quantitative estimate of drug-likeness (QED) is 0.297. The van der Waals surface area contributed by atoms with Gasteiger partial charge in [0.15, 0.2) is 0 Å². The van der Waals surface area contributed by atoms with Crippen molar-refractivity contribution in [3.05, 3.63) is 0 Å². The van der Waals surface area contributed by atoms with Crippen LogP contribution in [0.3, 0.4) is 0 Å². The first-order chi connectivity index (χ1) is 2.00. The van der Waals surface area contributed by atoms with Crippen LogP contribution in [0.25, 0.3) is 0 Å². The Labute approximate surface area is 155 Å². The Morgan fingerprint density at radius 2 is 0.900 bits per heavy atom. The SMILES string of the molecule is O=P([O-])([O-])[O-].[Ca+2].[Na+].[Na+].[Na+].[O-2]. The predicted octanol–water partition coefficient (Wildman–Crippen LogP) is -12.3. The summed E-state index contributed by atoms with van der Waals surface area (Å²) in [4.78, 5) is 25.6. The van der Waals surface area contributed by atoms with Crippen molar-refractivity contribution in [3.63, 3.8) is 0 Å². The van der Waals surface area contributed by atoms with E-state index in [4.69, 9.17) is 19.2 Å². The molecule has 0 unspecified atom stereocenters. The Morgan fingerprint density at radius 3 is 0.900 bits per heavy atom. The fraction of sp³-hybridized carbons (Fsp3) is 0. The third-order valence-electron chi connectivity index (χ3n) is 0. The number of phosphoric acid groups is 1. The minimum absolute atomic E-state index is 0. The molecule has 0 aliphatic heterocycles. The van der Waals surface area contributed by atoms with Gasteiger partial charge in [0.2, 0.25) is 0 Å². The monoisotopic (exact) mass is 220 g/mol. The summed E-state index contributed by atoms with van der Waals surface area (Å²) >= 11 is 0. The normalized spacial score (nSPS) is 5.90. The first kappa shape index (κ1) is 36.7. The van der Waals surface area contributed by atoms with Crippen LogP contribution in [0.5, 0.6) is 0 Å². The van der Waals surface area contributed by atoms with Gasteiger partial charge in [-0.05, 0) is 0 Å². The van der Waals surface area contributed by atoms with E-state index >= 15 is 0 Å². The van der Waals surface area contributed by atoms with Gasteiger partial charge in [-0.25, -0.2) is 0 Å². The van der Waals surface area contributed by atoms with Crippen LogP contribution in [0.15, 0.2) is 0 Å². The summed E-state index contributed by atoms with van der Waals surface area (Å²) in [6, 6.07) is 0. The Kier molecular flexibility index (Phi) is 69.7. The fourth-order valence-corrected chi connectivity index (χ4v) is 0. The molecule has 0 aliphatic rings. The van der Waals surface area contributed by atoms with Crippen molar-refractivity contribution in [3.8, 4) is 0 Å². The van der Waals surface area contributed by atoms with Crippen LogP contribution < -0.4 is 103 Å². The zero-order valence-electron chi connectivity index (χ0n) is 6.20. The Balaban J connectivity index is -0.00000000800. The molecule has 10 heteroatoms. The summed E-state index contributed by atoms with van der Waals surface area (Å²) in [6.45, 7) is 0. The molecule has 5 nitrogen and oxygen atoms in total. The van der Waals surface area contributed by atoms with Gasteiger partial charge in [-0.15, -0.1) is 0 Å². The van der Waals surface area contributed by atoms with E-state index in [2.05, 4.69) is 0 Å². The average molecular weight is 220 g/mol. The van der Waals surface area contributed by atoms with E-state index in [1.54, 1.807) is 0 Å². The molecule has 0 N–H and O–H groups in total. The van der Waals surface area contributed by atoms with Crippen LogP contribution in [-0.4, -0.2) is 37.7 Å². The second-order valence-corrected chi connectivity index (χ2v) is 1.34. The van der Waals surface area contributed by atoms with Gasteiger partial charge in [-0.3, -0.25) is 0 Å². The number of rotatable bonds is 0. The second kappa shape index (κ2) is 19.0. The molecule has 0 atom stereocenters. The third-order valence-corrected chi connectivity index (χ3v) is 0. The van der Waals surface area contributed by atoms with Crippen molar-refractivity contribution in [2.75, 3.05) is 0 Å². The van der Waals surface area contributed by atoms with E-state index in [9.17, 15) is 0 Å².